The molecule has 4 N–H and O–H groups in total. The first kappa shape index (κ1) is 31.2. The largest absolute Gasteiger partial charge is 0.462 e. The van der Waals surface area contributed by atoms with Crippen LogP contribution in [0.5, 0.6) is 5.75 Å². The van der Waals surface area contributed by atoms with E-state index in [9.17, 15) is 9.59 Å². The predicted molar refractivity (Wildman–Crippen MR) is 161 cm³/mol. The summed E-state index contributed by atoms with van der Waals surface area (Å²) in [7, 11) is 0. The first-order valence-electron chi connectivity index (χ1n) is 14.6. The lowest BCUT2D eigenvalue weighted by Crippen LogP contribution is -2.29. The van der Waals surface area contributed by atoms with Crippen LogP contribution in [0, 0.1) is 5.92 Å². The van der Waals surface area contributed by atoms with Gasteiger partial charge in [0.1, 0.15) is 12.4 Å². The Morgan fingerprint density at radius 2 is 1.65 bits per heavy atom. The summed E-state index contributed by atoms with van der Waals surface area (Å²) in [5, 5.41) is 0. The third kappa shape index (κ3) is 10.0. The van der Waals surface area contributed by atoms with Crippen molar-refractivity contribution in [1.82, 2.24) is 0 Å². The minimum atomic E-state index is -0.465. The molecule has 2 aromatic carbocycles. The molecule has 0 aromatic heterocycles. The minimum absolute atomic E-state index is 0.0911. The van der Waals surface area contributed by atoms with Crippen LogP contribution in [0.2, 0.25) is 0 Å². The van der Waals surface area contributed by atoms with E-state index in [-0.39, 0.29) is 24.6 Å². The summed E-state index contributed by atoms with van der Waals surface area (Å²) in [6.07, 6.45) is 12.9. The Balaban J connectivity index is 1.38. The van der Waals surface area contributed by atoms with Gasteiger partial charge in [-0.1, -0.05) is 64.7 Å². The lowest BCUT2D eigenvalue weighted by molar-refractivity contribution is -0.141. The standard InChI is InChI=1S/C33H46N2O5/c1-4-5-6-7-8-21-38-27-17-12-25(13-18-27)32(37)40-28-15-9-24(10-16-28)11-20-31(36)39-23-33(2,3)29-19-14-26(34)22-30(29)35/h9-11,14-16,19-20,22,25,27H,4-8,12-13,17-18,21,23,34-35H2,1-3H3. The van der Waals surface area contributed by atoms with E-state index in [2.05, 4.69) is 6.92 Å². The molecule has 3 rings (SSSR count). The quantitative estimate of drug-likeness (QED) is 0.0870. The van der Waals surface area contributed by atoms with Crippen molar-refractivity contribution in [3.63, 3.8) is 0 Å². The van der Waals surface area contributed by atoms with Crippen LogP contribution in [0.4, 0.5) is 11.4 Å². The molecule has 0 atom stereocenters. The number of ether oxygens (including phenoxy) is 3. The average Bonchev–Trinajstić information content (AvgIpc) is 2.93. The van der Waals surface area contributed by atoms with E-state index in [1.165, 1.54) is 31.8 Å². The van der Waals surface area contributed by atoms with Crippen LogP contribution < -0.4 is 16.2 Å². The highest BCUT2D eigenvalue weighted by atomic mass is 16.5. The minimum Gasteiger partial charge on any atom is -0.462 e. The molecular formula is C33H46N2O5. The molecule has 0 heterocycles. The average molecular weight is 551 g/mol. The third-order valence-corrected chi connectivity index (χ3v) is 7.50. The number of hydrogen-bond donors (Lipinski definition) is 2. The van der Waals surface area contributed by atoms with Crippen molar-refractivity contribution in [1.29, 1.82) is 0 Å². The van der Waals surface area contributed by atoms with Crippen LogP contribution in [-0.4, -0.2) is 31.3 Å². The molecule has 0 radical (unpaired) electrons. The molecule has 1 saturated carbocycles. The van der Waals surface area contributed by atoms with Gasteiger partial charge in [-0.25, -0.2) is 4.79 Å². The molecule has 0 amide bonds. The van der Waals surface area contributed by atoms with Crippen molar-refractivity contribution >= 4 is 29.4 Å². The molecule has 1 fully saturated rings. The van der Waals surface area contributed by atoms with E-state index in [1.807, 2.05) is 19.9 Å². The molecule has 0 spiro atoms. The van der Waals surface area contributed by atoms with Crippen molar-refractivity contribution in [2.24, 2.45) is 5.92 Å². The molecule has 1 aliphatic carbocycles. The zero-order chi connectivity index (χ0) is 29.0. The monoisotopic (exact) mass is 550 g/mol. The van der Waals surface area contributed by atoms with Gasteiger partial charge in [0.25, 0.3) is 0 Å². The van der Waals surface area contributed by atoms with Gasteiger partial charge in [0.2, 0.25) is 0 Å². The molecule has 0 saturated heterocycles. The fraction of sp³-hybridized carbons (Fsp3) is 0.515. The third-order valence-electron chi connectivity index (χ3n) is 7.50. The van der Waals surface area contributed by atoms with E-state index in [0.29, 0.717) is 17.1 Å². The lowest BCUT2D eigenvalue weighted by atomic mass is 9.84. The van der Waals surface area contributed by atoms with Gasteiger partial charge in [-0.15, -0.1) is 0 Å². The van der Waals surface area contributed by atoms with Crippen LogP contribution in [-0.2, 0) is 24.5 Å². The van der Waals surface area contributed by atoms with Gasteiger partial charge in [0.15, 0.2) is 0 Å². The van der Waals surface area contributed by atoms with Crippen molar-refractivity contribution in [3.05, 3.63) is 59.7 Å². The summed E-state index contributed by atoms with van der Waals surface area (Å²) in [5.74, 6) is -0.229. The second-order valence-corrected chi connectivity index (χ2v) is 11.4. The van der Waals surface area contributed by atoms with Crippen LogP contribution in [0.25, 0.3) is 6.08 Å². The van der Waals surface area contributed by atoms with E-state index in [0.717, 1.165) is 49.8 Å². The molecule has 0 bridgehead atoms. The zero-order valence-corrected chi connectivity index (χ0v) is 24.3. The van der Waals surface area contributed by atoms with Crippen molar-refractivity contribution in [2.45, 2.75) is 90.1 Å². The van der Waals surface area contributed by atoms with E-state index >= 15 is 0 Å². The number of unbranched alkanes of at least 4 members (excludes halogenated alkanes) is 4. The smallest absolute Gasteiger partial charge is 0.330 e. The summed E-state index contributed by atoms with van der Waals surface area (Å²) in [5.41, 5.74) is 14.3. The molecule has 2 aromatic rings. The number of anilines is 2. The van der Waals surface area contributed by atoms with Crippen molar-refractivity contribution in [3.8, 4) is 5.75 Å². The second kappa shape index (κ2) is 15.5. The topological polar surface area (TPSA) is 114 Å². The van der Waals surface area contributed by atoms with Crippen LogP contribution >= 0.6 is 0 Å². The Hall–Kier alpha value is -3.32. The first-order valence-corrected chi connectivity index (χ1v) is 14.6. The number of benzene rings is 2. The van der Waals surface area contributed by atoms with Crippen molar-refractivity contribution in [2.75, 3.05) is 24.7 Å². The summed E-state index contributed by atoms with van der Waals surface area (Å²) in [6.45, 7) is 7.13. The number of carbonyl (C=O) groups is 2. The maximum atomic E-state index is 12.7. The number of nitrogens with two attached hydrogens (primary N) is 2. The molecular weight excluding hydrogens is 504 g/mol. The van der Waals surface area contributed by atoms with Gasteiger partial charge in [0, 0.05) is 29.5 Å². The number of nitrogen functional groups attached to an aromatic ring is 2. The normalized spacial score (nSPS) is 17.6. The summed E-state index contributed by atoms with van der Waals surface area (Å²) in [4.78, 5) is 25.0. The first-order chi connectivity index (χ1) is 19.2. The zero-order valence-electron chi connectivity index (χ0n) is 24.3. The summed E-state index contributed by atoms with van der Waals surface area (Å²) in [6, 6.07) is 12.4. The Kier molecular flexibility index (Phi) is 12.1. The Morgan fingerprint density at radius 3 is 2.33 bits per heavy atom. The van der Waals surface area contributed by atoms with Crippen LogP contribution in [0.1, 0.15) is 89.7 Å². The fourth-order valence-corrected chi connectivity index (χ4v) is 5.01. The van der Waals surface area contributed by atoms with Gasteiger partial charge in [-0.2, -0.15) is 0 Å². The number of carbonyl (C=O) groups excluding carboxylic acids is 2. The molecule has 0 aliphatic heterocycles. The maximum absolute atomic E-state index is 12.7. The van der Waals surface area contributed by atoms with Crippen LogP contribution in [0.3, 0.4) is 0 Å². The second-order valence-electron chi connectivity index (χ2n) is 11.4. The Bertz CT molecular complexity index is 1120. The van der Waals surface area contributed by atoms with Crippen LogP contribution in [0.15, 0.2) is 48.5 Å². The van der Waals surface area contributed by atoms with Gasteiger partial charge in [0.05, 0.1) is 12.0 Å². The summed E-state index contributed by atoms with van der Waals surface area (Å²) >= 11 is 0. The number of rotatable bonds is 14. The molecule has 40 heavy (non-hydrogen) atoms. The van der Waals surface area contributed by atoms with Gasteiger partial charge in [-0.05, 0) is 73.6 Å². The lowest BCUT2D eigenvalue weighted by Gasteiger charge is -2.27. The molecule has 0 unspecified atom stereocenters. The summed E-state index contributed by atoms with van der Waals surface area (Å²) < 4.78 is 17.1. The fourth-order valence-electron chi connectivity index (χ4n) is 5.01. The predicted octanol–water partition coefficient (Wildman–Crippen LogP) is 6.84. The highest BCUT2D eigenvalue weighted by Crippen LogP contribution is 2.30. The maximum Gasteiger partial charge on any atom is 0.330 e. The van der Waals surface area contributed by atoms with E-state index in [4.69, 9.17) is 25.7 Å². The molecule has 7 heteroatoms. The van der Waals surface area contributed by atoms with E-state index in [1.54, 1.807) is 42.5 Å². The van der Waals surface area contributed by atoms with Gasteiger partial charge < -0.3 is 25.7 Å². The Labute approximate surface area is 239 Å². The van der Waals surface area contributed by atoms with Gasteiger partial charge >= 0.3 is 11.9 Å². The van der Waals surface area contributed by atoms with Crippen molar-refractivity contribution < 1.29 is 23.8 Å². The number of esters is 2. The molecule has 218 valence electrons. The Morgan fingerprint density at radius 1 is 0.950 bits per heavy atom. The number of hydrogen-bond acceptors (Lipinski definition) is 7. The molecule has 7 nitrogen and oxygen atoms in total. The SMILES string of the molecule is CCCCCCCOC1CCC(C(=O)Oc2ccc(C=CC(=O)OCC(C)(C)c3ccc(N)cc3N)cc2)CC1. The highest BCUT2D eigenvalue weighted by molar-refractivity contribution is 5.87. The van der Waals surface area contributed by atoms with Gasteiger partial charge in [-0.3, -0.25) is 4.79 Å². The van der Waals surface area contributed by atoms with E-state index < -0.39 is 11.4 Å². The highest BCUT2D eigenvalue weighted by Gasteiger charge is 2.28. The molecule has 1 aliphatic rings.